The molecule has 0 amide bonds. The van der Waals surface area contributed by atoms with Crippen LogP contribution in [0.2, 0.25) is 0 Å². The topological polar surface area (TPSA) is 83.0 Å². The number of aromatic nitrogens is 3. The number of anilines is 1. The fourth-order valence-electron chi connectivity index (χ4n) is 0.952. The Labute approximate surface area is 92.2 Å². The number of ether oxygens (including phenoxy) is 1. The average molecular weight is 230 g/mol. The summed E-state index contributed by atoms with van der Waals surface area (Å²) in [5.41, 5.74) is 5.30. The van der Waals surface area contributed by atoms with Crippen LogP contribution in [0.5, 0.6) is 0 Å². The first kappa shape index (κ1) is 11.8. The van der Waals surface area contributed by atoms with Crippen molar-refractivity contribution in [3.05, 3.63) is 6.33 Å². The van der Waals surface area contributed by atoms with Crippen LogP contribution in [0.4, 0.5) is 5.95 Å². The van der Waals surface area contributed by atoms with Gasteiger partial charge in [-0.05, 0) is 18.4 Å². The monoisotopic (exact) mass is 230 g/mol. The zero-order chi connectivity index (χ0) is 11.1. The van der Waals surface area contributed by atoms with E-state index in [9.17, 15) is 4.79 Å². The fourth-order valence-corrected chi connectivity index (χ4v) is 1.36. The van der Waals surface area contributed by atoms with Crippen molar-refractivity contribution in [2.45, 2.75) is 13.0 Å². The second-order valence-electron chi connectivity index (χ2n) is 2.87. The lowest BCUT2D eigenvalue weighted by Gasteiger charge is -2.03. The van der Waals surface area contributed by atoms with Crippen LogP contribution < -0.4 is 5.73 Å². The molecular weight excluding hydrogens is 216 g/mol. The van der Waals surface area contributed by atoms with E-state index in [0.29, 0.717) is 6.61 Å². The molecule has 1 aromatic heterocycles. The molecule has 0 aromatic carbocycles. The molecule has 0 aliphatic heterocycles. The van der Waals surface area contributed by atoms with Crippen molar-refractivity contribution in [2.24, 2.45) is 0 Å². The van der Waals surface area contributed by atoms with Gasteiger partial charge in [-0.25, -0.2) is 9.67 Å². The predicted octanol–water partition coefficient (Wildman–Crippen LogP) is 0.157. The second-order valence-corrected chi connectivity index (χ2v) is 3.85. The highest BCUT2D eigenvalue weighted by atomic mass is 32.2. The number of nitrogens with zero attached hydrogens (tertiary/aromatic N) is 3. The Hall–Kier alpha value is -1.24. The van der Waals surface area contributed by atoms with Gasteiger partial charge in [0.15, 0.2) is 0 Å². The summed E-state index contributed by atoms with van der Waals surface area (Å²) >= 11 is 1.73. The van der Waals surface area contributed by atoms with Crippen molar-refractivity contribution in [1.82, 2.24) is 14.8 Å². The third kappa shape index (κ3) is 4.68. The molecule has 0 fully saturated rings. The molecule has 0 atom stereocenters. The van der Waals surface area contributed by atoms with Crippen LogP contribution in [0.15, 0.2) is 6.33 Å². The van der Waals surface area contributed by atoms with Gasteiger partial charge in [0.05, 0.1) is 6.61 Å². The highest BCUT2D eigenvalue weighted by Gasteiger charge is 2.05. The summed E-state index contributed by atoms with van der Waals surface area (Å²) in [7, 11) is 0. The summed E-state index contributed by atoms with van der Waals surface area (Å²) in [6.07, 6.45) is 4.28. The molecule has 15 heavy (non-hydrogen) atoms. The molecule has 2 N–H and O–H groups in total. The zero-order valence-electron chi connectivity index (χ0n) is 8.55. The van der Waals surface area contributed by atoms with Crippen LogP contribution in [-0.2, 0) is 16.1 Å². The van der Waals surface area contributed by atoms with Crippen molar-refractivity contribution in [3.8, 4) is 0 Å². The van der Waals surface area contributed by atoms with E-state index in [1.807, 2.05) is 6.26 Å². The Balaban J connectivity index is 2.18. The van der Waals surface area contributed by atoms with Crippen LogP contribution in [0.25, 0.3) is 0 Å². The molecule has 0 saturated carbocycles. The van der Waals surface area contributed by atoms with E-state index >= 15 is 0 Å². The third-order valence-electron chi connectivity index (χ3n) is 1.60. The van der Waals surface area contributed by atoms with E-state index in [1.54, 1.807) is 11.8 Å². The average Bonchev–Trinajstić information content (AvgIpc) is 2.59. The van der Waals surface area contributed by atoms with Gasteiger partial charge < -0.3 is 10.5 Å². The largest absolute Gasteiger partial charge is 0.464 e. The molecule has 0 bridgehead atoms. The van der Waals surface area contributed by atoms with Gasteiger partial charge in [-0.1, -0.05) is 0 Å². The minimum Gasteiger partial charge on any atom is -0.464 e. The highest BCUT2D eigenvalue weighted by molar-refractivity contribution is 7.98. The van der Waals surface area contributed by atoms with E-state index in [0.717, 1.165) is 12.2 Å². The number of nitrogen functional groups attached to an aromatic ring is 1. The molecule has 7 heteroatoms. The number of nitrogens with two attached hydrogens (primary N) is 1. The Morgan fingerprint density at radius 2 is 2.53 bits per heavy atom. The number of rotatable bonds is 6. The predicted molar refractivity (Wildman–Crippen MR) is 58.4 cm³/mol. The molecule has 0 spiro atoms. The van der Waals surface area contributed by atoms with Gasteiger partial charge in [0.25, 0.3) is 0 Å². The second kappa shape index (κ2) is 6.28. The lowest BCUT2D eigenvalue weighted by molar-refractivity contribution is -0.144. The summed E-state index contributed by atoms with van der Waals surface area (Å²) in [4.78, 5) is 14.9. The first-order valence-corrected chi connectivity index (χ1v) is 5.91. The molecule has 1 heterocycles. The van der Waals surface area contributed by atoms with E-state index in [1.165, 1.54) is 11.0 Å². The normalized spacial score (nSPS) is 10.2. The molecule has 0 unspecified atom stereocenters. The van der Waals surface area contributed by atoms with E-state index in [-0.39, 0.29) is 18.5 Å². The molecule has 0 aliphatic carbocycles. The number of hydrogen-bond donors (Lipinski definition) is 1. The third-order valence-corrected chi connectivity index (χ3v) is 2.30. The first-order chi connectivity index (χ1) is 7.22. The molecule has 0 saturated heterocycles. The smallest absolute Gasteiger partial charge is 0.327 e. The minimum absolute atomic E-state index is 0.0590. The number of thioether (sulfide) groups is 1. The van der Waals surface area contributed by atoms with Crippen molar-refractivity contribution in [1.29, 1.82) is 0 Å². The van der Waals surface area contributed by atoms with E-state index in [4.69, 9.17) is 10.5 Å². The quantitative estimate of drug-likeness (QED) is 0.553. The zero-order valence-corrected chi connectivity index (χ0v) is 9.37. The minimum atomic E-state index is -0.319. The number of esters is 1. The van der Waals surface area contributed by atoms with Crippen molar-refractivity contribution in [2.75, 3.05) is 24.3 Å². The Kier molecular flexibility index (Phi) is 4.96. The fraction of sp³-hybridized carbons (Fsp3) is 0.625. The van der Waals surface area contributed by atoms with Gasteiger partial charge in [0.1, 0.15) is 12.9 Å². The lowest BCUT2D eigenvalue weighted by Crippen LogP contribution is -2.15. The van der Waals surface area contributed by atoms with Crippen LogP contribution in [0, 0.1) is 0 Å². The molecule has 0 radical (unpaired) electrons. The summed E-state index contributed by atoms with van der Waals surface area (Å²) < 4.78 is 6.33. The maximum atomic E-state index is 11.2. The Morgan fingerprint density at radius 3 is 3.13 bits per heavy atom. The summed E-state index contributed by atoms with van der Waals surface area (Å²) in [5.74, 6) is 0.829. The number of hydrogen-bond acceptors (Lipinski definition) is 6. The number of carbonyl (C=O) groups excluding carboxylic acids is 1. The maximum absolute atomic E-state index is 11.2. The summed E-state index contributed by atoms with van der Waals surface area (Å²) in [6, 6.07) is 0. The van der Waals surface area contributed by atoms with Crippen molar-refractivity contribution in [3.63, 3.8) is 0 Å². The van der Waals surface area contributed by atoms with Gasteiger partial charge in [-0.3, -0.25) is 4.79 Å². The SMILES string of the molecule is CSCCCOC(=O)Cn1cnc(N)n1. The maximum Gasteiger partial charge on any atom is 0.327 e. The van der Waals surface area contributed by atoms with Crippen molar-refractivity contribution >= 4 is 23.7 Å². The van der Waals surface area contributed by atoms with Crippen molar-refractivity contribution < 1.29 is 9.53 Å². The van der Waals surface area contributed by atoms with Gasteiger partial charge in [-0.15, -0.1) is 5.10 Å². The highest BCUT2D eigenvalue weighted by Crippen LogP contribution is 1.96. The lowest BCUT2D eigenvalue weighted by atomic mass is 10.5. The Bertz CT molecular complexity index is 315. The molecule has 0 aliphatic rings. The summed E-state index contributed by atoms with van der Waals surface area (Å²) in [5, 5.41) is 3.77. The molecule has 84 valence electrons. The number of carbonyl (C=O) groups is 1. The molecule has 1 aromatic rings. The first-order valence-electron chi connectivity index (χ1n) is 4.52. The van der Waals surface area contributed by atoms with Gasteiger partial charge in [-0.2, -0.15) is 11.8 Å². The van der Waals surface area contributed by atoms with Gasteiger partial charge in [0.2, 0.25) is 5.95 Å². The van der Waals surface area contributed by atoms with Crippen LogP contribution in [-0.4, -0.2) is 39.3 Å². The van der Waals surface area contributed by atoms with Gasteiger partial charge >= 0.3 is 5.97 Å². The van der Waals surface area contributed by atoms with Crippen LogP contribution in [0.1, 0.15) is 6.42 Å². The van der Waals surface area contributed by atoms with E-state index in [2.05, 4.69) is 10.1 Å². The van der Waals surface area contributed by atoms with Crippen LogP contribution in [0.3, 0.4) is 0 Å². The van der Waals surface area contributed by atoms with Crippen LogP contribution >= 0.6 is 11.8 Å². The molecule has 6 nitrogen and oxygen atoms in total. The standard InChI is InChI=1S/C8H14N4O2S/c1-15-4-2-3-14-7(13)5-12-6-10-8(9)11-12/h6H,2-5H2,1H3,(H2,9,11). The summed E-state index contributed by atoms with van der Waals surface area (Å²) in [6.45, 7) is 0.507. The molecule has 1 rings (SSSR count). The molecular formula is C8H14N4O2S. The van der Waals surface area contributed by atoms with E-state index < -0.39 is 0 Å². The van der Waals surface area contributed by atoms with Gasteiger partial charge in [0, 0.05) is 0 Å². The Morgan fingerprint density at radius 1 is 1.73 bits per heavy atom.